The van der Waals surface area contributed by atoms with E-state index in [1.807, 2.05) is 38.8 Å². The van der Waals surface area contributed by atoms with Crippen LogP contribution in [0, 0.1) is 12.7 Å². The molecule has 0 fully saturated rings. The Hall–Kier alpha value is -1.42. The first-order valence-corrected chi connectivity index (χ1v) is 6.53. The van der Waals surface area contributed by atoms with Gasteiger partial charge in [0, 0.05) is 20.6 Å². The van der Waals surface area contributed by atoms with E-state index in [1.165, 1.54) is 12.1 Å². The summed E-state index contributed by atoms with van der Waals surface area (Å²) < 4.78 is 13.2. The molecule has 1 rings (SSSR count). The number of amides is 1. The van der Waals surface area contributed by atoms with Crippen molar-refractivity contribution in [3.05, 3.63) is 35.1 Å². The lowest BCUT2D eigenvalue weighted by Crippen LogP contribution is -2.34. The minimum atomic E-state index is -0.229. The molecule has 0 bridgehead atoms. The summed E-state index contributed by atoms with van der Waals surface area (Å²) in [5.74, 6) is -0.187. The minimum absolute atomic E-state index is 0.0422. The van der Waals surface area contributed by atoms with Crippen molar-refractivity contribution in [2.24, 2.45) is 0 Å². The van der Waals surface area contributed by atoms with Crippen LogP contribution in [0.5, 0.6) is 0 Å². The quantitative estimate of drug-likeness (QED) is 0.838. The summed E-state index contributed by atoms with van der Waals surface area (Å²) in [6.07, 6.45) is 0. The number of nitrogens with zero attached hydrogens (tertiary/aromatic N) is 2. The predicted octanol–water partition coefficient (Wildman–Crippen LogP) is 2.68. The molecule has 1 amide bonds. The predicted molar refractivity (Wildman–Crippen MR) is 77.5 cm³/mol. The number of carbonyl (C=O) groups is 1. The van der Waals surface area contributed by atoms with Crippen LogP contribution in [0.25, 0.3) is 0 Å². The molecule has 0 spiro atoms. The van der Waals surface area contributed by atoms with Gasteiger partial charge < -0.3 is 4.90 Å². The summed E-state index contributed by atoms with van der Waals surface area (Å²) in [6, 6.07) is 4.93. The number of carbonyl (C=O) groups excluding carboxylic acids is 1. The Morgan fingerprint density at radius 3 is 2.21 bits per heavy atom. The molecule has 1 aromatic rings. The molecule has 0 radical (unpaired) electrons. The van der Waals surface area contributed by atoms with Crippen molar-refractivity contribution in [3.63, 3.8) is 0 Å². The van der Waals surface area contributed by atoms with Crippen LogP contribution in [0.3, 0.4) is 0 Å². The van der Waals surface area contributed by atoms with Gasteiger partial charge in [0.15, 0.2) is 0 Å². The van der Waals surface area contributed by atoms with E-state index in [4.69, 9.17) is 0 Å². The van der Waals surface area contributed by atoms with Crippen LogP contribution in [0.4, 0.5) is 4.39 Å². The van der Waals surface area contributed by atoms with Crippen LogP contribution in [0.15, 0.2) is 18.2 Å². The van der Waals surface area contributed by atoms with E-state index in [0.717, 1.165) is 11.1 Å². The number of aryl methyl sites for hydroxylation is 1. The summed E-state index contributed by atoms with van der Waals surface area (Å²) >= 11 is 0. The fourth-order valence-corrected chi connectivity index (χ4v) is 1.64. The van der Waals surface area contributed by atoms with Crippen LogP contribution >= 0.6 is 0 Å². The molecular weight excluding hydrogens is 243 g/mol. The SMILES string of the molecule is CC.Cc1cc(F)cc(CN(C)CC(=O)N(C)C)c1. The van der Waals surface area contributed by atoms with Gasteiger partial charge >= 0.3 is 0 Å². The first-order chi connectivity index (χ1) is 8.88. The van der Waals surface area contributed by atoms with E-state index in [-0.39, 0.29) is 11.7 Å². The highest BCUT2D eigenvalue weighted by Gasteiger charge is 2.09. The first kappa shape index (κ1) is 17.6. The van der Waals surface area contributed by atoms with Gasteiger partial charge in [-0.3, -0.25) is 9.69 Å². The number of hydrogen-bond donors (Lipinski definition) is 0. The third-order valence-electron chi connectivity index (χ3n) is 2.46. The van der Waals surface area contributed by atoms with Crippen LogP contribution in [0.1, 0.15) is 25.0 Å². The summed E-state index contributed by atoms with van der Waals surface area (Å²) in [5, 5.41) is 0. The molecule has 0 aromatic heterocycles. The summed E-state index contributed by atoms with van der Waals surface area (Å²) in [6.45, 7) is 6.76. The topological polar surface area (TPSA) is 23.6 Å². The van der Waals surface area contributed by atoms with Gasteiger partial charge in [-0.2, -0.15) is 0 Å². The van der Waals surface area contributed by atoms with Gasteiger partial charge in [-0.1, -0.05) is 19.9 Å². The maximum Gasteiger partial charge on any atom is 0.236 e. The number of rotatable bonds is 4. The van der Waals surface area contributed by atoms with Gasteiger partial charge in [0.2, 0.25) is 5.91 Å². The number of benzene rings is 1. The second-order valence-corrected chi connectivity index (χ2v) is 4.60. The smallest absolute Gasteiger partial charge is 0.236 e. The van der Waals surface area contributed by atoms with Crippen molar-refractivity contribution in [2.75, 3.05) is 27.7 Å². The van der Waals surface area contributed by atoms with E-state index in [2.05, 4.69) is 0 Å². The summed E-state index contributed by atoms with van der Waals surface area (Å²) in [4.78, 5) is 14.9. The number of hydrogen-bond acceptors (Lipinski definition) is 2. The van der Waals surface area contributed by atoms with Gasteiger partial charge in [-0.15, -0.1) is 0 Å². The fourth-order valence-electron chi connectivity index (χ4n) is 1.64. The maximum atomic E-state index is 13.2. The standard InChI is InChI=1S/C13H19FN2O.C2H6/c1-10-5-11(7-12(14)6-10)8-16(4)9-13(17)15(2)3;1-2/h5-7H,8-9H2,1-4H3;1-2H3. The average Bonchev–Trinajstić information content (AvgIpc) is 2.29. The molecule has 0 unspecified atom stereocenters. The van der Waals surface area contributed by atoms with Crippen molar-refractivity contribution < 1.29 is 9.18 Å². The summed E-state index contributed by atoms with van der Waals surface area (Å²) in [5.41, 5.74) is 1.78. The van der Waals surface area contributed by atoms with Gasteiger partial charge in [0.1, 0.15) is 5.82 Å². The van der Waals surface area contributed by atoms with E-state index < -0.39 is 0 Å². The molecule has 19 heavy (non-hydrogen) atoms. The molecule has 0 atom stereocenters. The normalized spacial score (nSPS) is 9.89. The Morgan fingerprint density at radius 2 is 1.74 bits per heavy atom. The Morgan fingerprint density at radius 1 is 1.16 bits per heavy atom. The average molecular weight is 268 g/mol. The van der Waals surface area contributed by atoms with Crippen molar-refractivity contribution >= 4 is 5.91 Å². The lowest BCUT2D eigenvalue weighted by atomic mass is 10.1. The zero-order valence-electron chi connectivity index (χ0n) is 12.8. The molecule has 0 saturated heterocycles. The van der Waals surface area contributed by atoms with Crippen molar-refractivity contribution in [1.29, 1.82) is 0 Å². The molecule has 108 valence electrons. The molecular formula is C15H25FN2O. The monoisotopic (exact) mass is 268 g/mol. The Bertz CT molecular complexity index is 385. The highest BCUT2D eigenvalue weighted by molar-refractivity contribution is 5.77. The van der Waals surface area contributed by atoms with E-state index in [1.54, 1.807) is 19.0 Å². The molecule has 0 aliphatic heterocycles. The Labute approximate surface area is 116 Å². The van der Waals surface area contributed by atoms with Gasteiger partial charge in [0.25, 0.3) is 0 Å². The van der Waals surface area contributed by atoms with E-state index in [9.17, 15) is 9.18 Å². The molecule has 3 nitrogen and oxygen atoms in total. The van der Waals surface area contributed by atoms with Gasteiger partial charge in [-0.05, 0) is 37.2 Å². The van der Waals surface area contributed by atoms with Crippen LogP contribution in [0.2, 0.25) is 0 Å². The molecule has 0 aliphatic rings. The third kappa shape index (κ3) is 6.91. The molecule has 4 heteroatoms. The lowest BCUT2D eigenvalue weighted by molar-refractivity contribution is -0.129. The van der Waals surface area contributed by atoms with Crippen LogP contribution in [-0.2, 0) is 11.3 Å². The molecule has 0 saturated carbocycles. The lowest BCUT2D eigenvalue weighted by Gasteiger charge is -2.19. The number of likely N-dealkylation sites (N-methyl/N-ethyl adjacent to an activating group) is 2. The highest BCUT2D eigenvalue weighted by Crippen LogP contribution is 2.10. The maximum absolute atomic E-state index is 13.2. The van der Waals surface area contributed by atoms with Gasteiger partial charge in [-0.25, -0.2) is 4.39 Å². The first-order valence-electron chi connectivity index (χ1n) is 6.53. The van der Waals surface area contributed by atoms with E-state index >= 15 is 0 Å². The second kappa shape index (κ2) is 8.64. The van der Waals surface area contributed by atoms with Crippen LogP contribution < -0.4 is 0 Å². The molecule has 0 heterocycles. The zero-order chi connectivity index (χ0) is 15.0. The minimum Gasteiger partial charge on any atom is -0.348 e. The van der Waals surface area contributed by atoms with Crippen molar-refractivity contribution in [1.82, 2.24) is 9.80 Å². The largest absolute Gasteiger partial charge is 0.348 e. The zero-order valence-corrected chi connectivity index (χ0v) is 12.8. The van der Waals surface area contributed by atoms with Crippen molar-refractivity contribution in [2.45, 2.75) is 27.3 Å². The summed E-state index contributed by atoms with van der Waals surface area (Å²) in [7, 11) is 5.30. The second-order valence-electron chi connectivity index (χ2n) is 4.60. The van der Waals surface area contributed by atoms with Crippen molar-refractivity contribution in [3.8, 4) is 0 Å². The van der Waals surface area contributed by atoms with Crippen LogP contribution in [-0.4, -0.2) is 43.4 Å². The third-order valence-corrected chi connectivity index (χ3v) is 2.46. The Balaban J connectivity index is 0.00000154. The highest BCUT2D eigenvalue weighted by atomic mass is 19.1. The molecule has 0 N–H and O–H groups in total. The van der Waals surface area contributed by atoms with E-state index in [0.29, 0.717) is 13.1 Å². The van der Waals surface area contributed by atoms with Gasteiger partial charge in [0.05, 0.1) is 6.54 Å². The molecule has 0 aliphatic carbocycles. The number of halogens is 1. The fraction of sp³-hybridized carbons (Fsp3) is 0.533. The Kier molecular flexibility index (Phi) is 8.00. The molecule has 1 aromatic carbocycles.